The minimum absolute atomic E-state index is 0.257. The van der Waals surface area contributed by atoms with Crippen LogP contribution in [0.3, 0.4) is 0 Å². The van der Waals surface area contributed by atoms with Gasteiger partial charge in [0.05, 0.1) is 25.5 Å². The van der Waals surface area contributed by atoms with Crippen molar-refractivity contribution in [2.45, 2.75) is 13.5 Å². The van der Waals surface area contributed by atoms with E-state index in [-0.39, 0.29) is 11.7 Å². The molecule has 0 unspecified atom stereocenters. The zero-order valence-electron chi connectivity index (χ0n) is 21.6. The largest absolute Gasteiger partial charge is 0.494 e. The molecule has 0 spiro atoms. The Morgan fingerprint density at radius 3 is 2.13 bits per heavy atom. The predicted octanol–water partition coefficient (Wildman–Crippen LogP) is 5.66. The van der Waals surface area contributed by atoms with Crippen molar-refractivity contribution in [3.05, 3.63) is 119 Å². The number of carbonyl (C=O) groups excluding carboxylic acids is 2. The Balaban J connectivity index is 1.31. The molecule has 4 aromatic carbocycles. The first-order chi connectivity index (χ1) is 19.1. The van der Waals surface area contributed by atoms with Gasteiger partial charge in [-0.05, 0) is 84.8 Å². The average molecular weight is 525 g/mol. The summed E-state index contributed by atoms with van der Waals surface area (Å²) in [6.07, 6.45) is 1.47. The first-order valence-corrected chi connectivity index (χ1v) is 12.3. The number of hydrazone groups is 1. The van der Waals surface area contributed by atoms with Crippen LogP contribution in [0.2, 0.25) is 0 Å². The van der Waals surface area contributed by atoms with Crippen LogP contribution in [0.15, 0.2) is 102 Å². The third-order valence-electron chi connectivity index (χ3n) is 5.54. The first kappa shape index (κ1) is 26.9. The molecule has 0 aliphatic heterocycles. The Labute approximate surface area is 226 Å². The zero-order valence-corrected chi connectivity index (χ0v) is 21.6. The number of ether oxygens (including phenoxy) is 4. The number of rotatable bonds is 11. The van der Waals surface area contributed by atoms with Gasteiger partial charge in [0, 0.05) is 5.56 Å². The monoisotopic (exact) mass is 524 g/mol. The molecule has 39 heavy (non-hydrogen) atoms. The number of esters is 1. The highest BCUT2D eigenvalue weighted by Crippen LogP contribution is 2.28. The molecule has 4 aromatic rings. The van der Waals surface area contributed by atoms with Crippen LogP contribution in [0, 0.1) is 0 Å². The molecule has 0 aromatic heterocycles. The third-order valence-corrected chi connectivity index (χ3v) is 5.54. The maximum absolute atomic E-state index is 12.5. The average Bonchev–Trinajstić information content (AvgIpc) is 2.98. The van der Waals surface area contributed by atoms with E-state index in [0.717, 1.165) is 5.56 Å². The van der Waals surface area contributed by atoms with Gasteiger partial charge in [-0.25, -0.2) is 10.2 Å². The van der Waals surface area contributed by atoms with E-state index in [1.807, 2.05) is 37.3 Å². The van der Waals surface area contributed by atoms with Gasteiger partial charge in [0.15, 0.2) is 11.5 Å². The quantitative estimate of drug-likeness (QED) is 0.118. The van der Waals surface area contributed by atoms with Crippen LogP contribution in [0.4, 0.5) is 0 Å². The van der Waals surface area contributed by atoms with Gasteiger partial charge in [-0.2, -0.15) is 5.10 Å². The molecule has 0 bridgehead atoms. The number of methoxy groups -OCH3 is 1. The highest BCUT2D eigenvalue weighted by molar-refractivity contribution is 5.95. The molecule has 1 N–H and O–H groups in total. The van der Waals surface area contributed by atoms with Crippen molar-refractivity contribution < 1.29 is 28.5 Å². The highest BCUT2D eigenvalue weighted by Gasteiger charge is 2.13. The molecule has 4 rings (SSSR count). The highest BCUT2D eigenvalue weighted by atomic mass is 16.6. The van der Waals surface area contributed by atoms with Crippen LogP contribution in [0.5, 0.6) is 23.0 Å². The van der Waals surface area contributed by atoms with E-state index in [9.17, 15) is 9.59 Å². The second kappa shape index (κ2) is 13.4. The van der Waals surface area contributed by atoms with Crippen molar-refractivity contribution in [3.63, 3.8) is 0 Å². The normalized spacial score (nSPS) is 10.6. The minimum Gasteiger partial charge on any atom is -0.494 e. The van der Waals surface area contributed by atoms with E-state index in [1.54, 1.807) is 66.7 Å². The fraction of sp³-hybridized carbons (Fsp3) is 0.129. The second-order valence-electron chi connectivity index (χ2n) is 8.25. The van der Waals surface area contributed by atoms with Crippen molar-refractivity contribution >= 4 is 18.1 Å². The van der Waals surface area contributed by atoms with Crippen molar-refractivity contribution in [1.82, 2.24) is 5.43 Å². The molecule has 0 heterocycles. The zero-order chi connectivity index (χ0) is 27.5. The van der Waals surface area contributed by atoms with Crippen molar-refractivity contribution in [2.24, 2.45) is 5.10 Å². The SMILES string of the molecule is CCOc1ccc(C(=O)Oc2ccc(/C=N/NC(=O)c3ccc(OCc4ccccc4)cc3)cc2OC)cc1. The Kier molecular flexibility index (Phi) is 9.28. The van der Waals surface area contributed by atoms with E-state index in [0.29, 0.717) is 47.2 Å². The molecule has 0 radical (unpaired) electrons. The van der Waals surface area contributed by atoms with Gasteiger partial charge in [0.2, 0.25) is 0 Å². The fourth-order valence-electron chi connectivity index (χ4n) is 3.53. The summed E-state index contributed by atoms with van der Waals surface area (Å²) in [5.74, 6) is 1.04. The molecule has 8 heteroatoms. The molecule has 0 atom stereocenters. The van der Waals surface area contributed by atoms with E-state index < -0.39 is 5.97 Å². The van der Waals surface area contributed by atoms with Gasteiger partial charge in [-0.1, -0.05) is 30.3 Å². The van der Waals surface area contributed by atoms with E-state index in [2.05, 4.69) is 10.5 Å². The number of hydrogen-bond acceptors (Lipinski definition) is 7. The summed E-state index contributed by atoms with van der Waals surface area (Å²) in [5.41, 5.74) is 5.01. The van der Waals surface area contributed by atoms with Crippen molar-refractivity contribution in [2.75, 3.05) is 13.7 Å². The Hall–Kier alpha value is -5.11. The lowest BCUT2D eigenvalue weighted by atomic mass is 10.2. The Morgan fingerprint density at radius 1 is 0.795 bits per heavy atom. The summed E-state index contributed by atoms with van der Waals surface area (Å²) in [6.45, 7) is 2.87. The number of carbonyl (C=O) groups is 2. The van der Waals surface area contributed by atoms with Gasteiger partial charge < -0.3 is 18.9 Å². The summed E-state index contributed by atoms with van der Waals surface area (Å²) in [7, 11) is 1.47. The Bertz CT molecular complexity index is 1420. The van der Waals surface area contributed by atoms with Gasteiger partial charge in [0.25, 0.3) is 5.91 Å². The summed E-state index contributed by atoms with van der Waals surface area (Å²) in [6, 6.07) is 28.3. The topological polar surface area (TPSA) is 95.5 Å². The molecule has 8 nitrogen and oxygen atoms in total. The number of benzene rings is 4. The lowest BCUT2D eigenvalue weighted by molar-refractivity contribution is 0.0729. The van der Waals surface area contributed by atoms with E-state index in [1.165, 1.54) is 13.3 Å². The number of amides is 1. The first-order valence-electron chi connectivity index (χ1n) is 12.3. The standard InChI is InChI=1S/C31H28N2O6/c1-3-37-26-16-12-25(13-17-26)31(35)39-28-18-9-23(19-29(28)36-2)20-32-33-30(34)24-10-14-27(15-11-24)38-21-22-7-5-4-6-8-22/h4-20H,3,21H2,1-2H3,(H,33,34)/b32-20+. The molecular weight excluding hydrogens is 496 g/mol. The smallest absolute Gasteiger partial charge is 0.343 e. The molecule has 0 aliphatic rings. The lowest BCUT2D eigenvalue weighted by Crippen LogP contribution is -2.17. The fourth-order valence-corrected chi connectivity index (χ4v) is 3.53. The second-order valence-corrected chi connectivity index (χ2v) is 8.25. The van der Waals surface area contributed by atoms with Crippen LogP contribution in [-0.4, -0.2) is 31.8 Å². The number of nitrogens with one attached hydrogen (secondary N) is 1. The maximum Gasteiger partial charge on any atom is 0.343 e. The van der Waals surface area contributed by atoms with Crippen molar-refractivity contribution in [3.8, 4) is 23.0 Å². The molecule has 0 aliphatic carbocycles. The van der Waals surface area contributed by atoms with Crippen LogP contribution < -0.4 is 24.4 Å². The van der Waals surface area contributed by atoms with Crippen LogP contribution in [-0.2, 0) is 6.61 Å². The summed E-state index contributed by atoms with van der Waals surface area (Å²) < 4.78 is 22.0. The van der Waals surface area contributed by atoms with Crippen LogP contribution in [0.25, 0.3) is 0 Å². The van der Waals surface area contributed by atoms with Gasteiger partial charge >= 0.3 is 5.97 Å². The van der Waals surface area contributed by atoms with Crippen LogP contribution in [0.1, 0.15) is 38.8 Å². The van der Waals surface area contributed by atoms with Gasteiger partial charge in [-0.15, -0.1) is 0 Å². The minimum atomic E-state index is -0.526. The number of hydrogen-bond donors (Lipinski definition) is 1. The van der Waals surface area contributed by atoms with E-state index >= 15 is 0 Å². The molecule has 0 saturated carbocycles. The van der Waals surface area contributed by atoms with Gasteiger partial charge in [0.1, 0.15) is 18.1 Å². The molecular formula is C31H28N2O6. The molecule has 0 saturated heterocycles. The molecule has 1 amide bonds. The summed E-state index contributed by atoms with van der Waals surface area (Å²) >= 11 is 0. The van der Waals surface area contributed by atoms with Crippen molar-refractivity contribution in [1.29, 1.82) is 0 Å². The predicted molar refractivity (Wildman–Crippen MR) is 148 cm³/mol. The van der Waals surface area contributed by atoms with E-state index in [4.69, 9.17) is 18.9 Å². The van der Waals surface area contributed by atoms with Crippen LogP contribution >= 0.6 is 0 Å². The number of nitrogens with zero attached hydrogens (tertiary/aromatic N) is 1. The molecule has 0 fully saturated rings. The summed E-state index contributed by atoms with van der Waals surface area (Å²) in [5, 5.41) is 4.02. The summed E-state index contributed by atoms with van der Waals surface area (Å²) in [4.78, 5) is 25.0. The lowest BCUT2D eigenvalue weighted by Gasteiger charge is -2.10. The molecule has 198 valence electrons. The van der Waals surface area contributed by atoms with Gasteiger partial charge in [-0.3, -0.25) is 4.79 Å². The third kappa shape index (κ3) is 7.69. The maximum atomic E-state index is 12.5. The Morgan fingerprint density at radius 2 is 1.46 bits per heavy atom.